The molecule has 7 heteroatoms. The van der Waals surface area contributed by atoms with Crippen molar-refractivity contribution in [2.45, 2.75) is 18.9 Å². The van der Waals surface area contributed by atoms with E-state index < -0.39 is 0 Å². The van der Waals surface area contributed by atoms with Crippen molar-refractivity contribution in [1.29, 1.82) is 0 Å². The van der Waals surface area contributed by atoms with Gasteiger partial charge in [0, 0.05) is 45.6 Å². The zero-order valence-corrected chi connectivity index (χ0v) is 19.1. The Bertz CT molecular complexity index is 834. The fraction of sp³-hybridized carbons (Fsp3) is 0.458. The zero-order chi connectivity index (χ0) is 22.1. The van der Waals surface area contributed by atoms with Crippen LogP contribution in [-0.4, -0.2) is 69.3 Å². The van der Waals surface area contributed by atoms with Gasteiger partial charge in [-0.05, 0) is 43.1 Å². The highest BCUT2D eigenvalue weighted by Crippen LogP contribution is 2.29. The summed E-state index contributed by atoms with van der Waals surface area (Å²) in [5.74, 6) is 0.528. The van der Waals surface area contributed by atoms with E-state index in [0.29, 0.717) is 16.5 Å². The van der Waals surface area contributed by atoms with Crippen molar-refractivity contribution in [2.24, 2.45) is 0 Å². The van der Waals surface area contributed by atoms with Gasteiger partial charge in [0.15, 0.2) is 0 Å². The Morgan fingerprint density at radius 2 is 1.90 bits per heavy atom. The van der Waals surface area contributed by atoms with E-state index in [1.54, 1.807) is 26.4 Å². The highest BCUT2D eigenvalue weighted by atomic mass is 35.5. The third-order valence-corrected chi connectivity index (χ3v) is 5.89. The third-order valence-electron chi connectivity index (χ3n) is 5.59. The van der Waals surface area contributed by atoms with Gasteiger partial charge in [-0.2, -0.15) is 0 Å². The van der Waals surface area contributed by atoms with Crippen LogP contribution in [0.5, 0.6) is 5.75 Å². The molecule has 1 atom stereocenters. The van der Waals surface area contributed by atoms with Crippen LogP contribution >= 0.6 is 11.6 Å². The number of halogens is 1. The Kier molecular flexibility index (Phi) is 9.15. The summed E-state index contributed by atoms with van der Waals surface area (Å²) in [6, 6.07) is 14.9. The van der Waals surface area contributed by atoms with Crippen molar-refractivity contribution in [3.63, 3.8) is 0 Å². The molecule has 0 aliphatic carbocycles. The molecule has 1 unspecified atom stereocenters. The molecule has 1 aliphatic rings. The lowest BCUT2D eigenvalue weighted by atomic mass is 10.0. The van der Waals surface area contributed by atoms with Crippen LogP contribution in [0.3, 0.4) is 0 Å². The van der Waals surface area contributed by atoms with Crippen LogP contribution in [0.1, 0.15) is 24.4 Å². The number of amides is 1. The number of carbonyl (C=O) groups excluding carboxylic acids is 1. The lowest BCUT2D eigenvalue weighted by Gasteiger charge is -2.30. The zero-order valence-electron chi connectivity index (χ0n) is 18.4. The summed E-state index contributed by atoms with van der Waals surface area (Å²) < 4.78 is 10.4. The van der Waals surface area contributed by atoms with Crippen LogP contribution in [0.15, 0.2) is 48.5 Å². The Balaban J connectivity index is 1.74. The van der Waals surface area contributed by atoms with E-state index in [1.807, 2.05) is 36.4 Å². The van der Waals surface area contributed by atoms with Gasteiger partial charge in [-0.15, -0.1) is 0 Å². The van der Waals surface area contributed by atoms with Gasteiger partial charge in [-0.1, -0.05) is 41.9 Å². The first-order valence-electron chi connectivity index (χ1n) is 10.8. The molecule has 1 N–H and O–H groups in total. The average Bonchev–Trinajstić information content (AvgIpc) is 3.01. The van der Waals surface area contributed by atoms with Crippen molar-refractivity contribution in [1.82, 2.24) is 9.80 Å². The van der Waals surface area contributed by atoms with Crippen LogP contribution in [0.4, 0.5) is 5.69 Å². The lowest BCUT2D eigenvalue weighted by Crippen LogP contribution is -2.39. The van der Waals surface area contributed by atoms with Crippen molar-refractivity contribution in [3.05, 3.63) is 59.1 Å². The maximum absolute atomic E-state index is 13.4. The second-order valence-corrected chi connectivity index (χ2v) is 8.14. The van der Waals surface area contributed by atoms with E-state index in [9.17, 15) is 4.79 Å². The van der Waals surface area contributed by atoms with Crippen molar-refractivity contribution < 1.29 is 14.3 Å². The first-order valence-corrected chi connectivity index (χ1v) is 11.1. The first-order chi connectivity index (χ1) is 15.1. The molecule has 0 bridgehead atoms. The summed E-state index contributed by atoms with van der Waals surface area (Å²) >= 11 is 6.25. The Hall–Kier alpha value is -2.12. The van der Waals surface area contributed by atoms with Gasteiger partial charge in [-0.3, -0.25) is 9.69 Å². The molecule has 1 amide bonds. The molecule has 0 saturated carbocycles. The summed E-state index contributed by atoms with van der Waals surface area (Å²) in [7, 11) is 3.31. The largest absolute Gasteiger partial charge is 0.495 e. The summed E-state index contributed by atoms with van der Waals surface area (Å²) in [4.78, 5) is 18.2. The molecule has 0 spiro atoms. The minimum atomic E-state index is -0.360. The standard InChI is InChI=1S/C24H32ClN3O3/c1-30-17-7-13-27-12-6-14-28(16-15-27)23(19-8-4-3-5-9-19)24(29)26-20-10-11-22(31-2)21(25)18-20/h3-5,8-11,18,23H,6-7,12-17H2,1-2H3,(H,26,29). The van der Waals surface area contributed by atoms with E-state index in [4.69, 9.17) is 21.1 Å². The highest BCUT2D eigenvalue weighted by molar-refractivity contribution is 6.32. The minimum Gasteiger partial charge on any atom is -0.495 e. The number of anilines is 1. The summed E-state index contributed by atoms with van der Waals surface area (Å²) in [6.07, 6.45) is 2.05. The fourth-order valence-electron chi connectivity index (χ4n) is 4.02. The van der Waals surface area contributed by atoms with Gasteiger partial charge < -0.3 is 19.7 Å². The molecule has 3 rings (SSSR count). The molecule has 1 heterocycles. The number of carbonyl (C=O) groups is 1. The fourth-order valence-corrected chi connectivity index (χ4v) is 4.28. The average molecular weight is 446 g/mol. The SMILES string of the molecule is COCCCN1CCCN(C(C(=O)Nc2ccc(OC)c(Cl)c2)c2ccccc2)CC1. The van der Waals surface area contributed by atoms with E-state index in [2.05, 4.69) is 15.1 Å². The van der Waals surface area contributed by atoms with Gasteiger partial charge in [0.2, 0.25) is 5.91 Å². The number of benzene rings is 2. The Morgan fingerprint density at radius 3 is 2.61 bits per heavy atom. The van der Waals surface area contributed by atoms with Crippen molar-refractivity contribution >= 4 is 23.2 Å². The molecule has 31 heavy (non-hydrogen) atoms. The van der Waals surface area contributed by atoms with Crippen LogP contribution in [0.25, 0.3) is 0 Å². The quantitative estimate of drug-likeness (QED) is 0.589. The lowest BCUT2D eigenvalue weighted by molar-refractivity contribution is -0.121. The van der Waals surface area contributed by atoms with Gasteiger partial charge in [-0.25, -0.2) is 0 Å². The summed E-state index contributed by atoms with van der Waals surface area (Å²) in [6.45, 7) is 5.49. The number of hydrogen-bond donors (Lipinski definition) is 1. The molecule has 1 aliphatic heterocycles. The predicted molar refractivity (Wildman–Crippen MR) is 125 cm³/mol. The summed E-state index contributed by atoms with van der Waals surface area (Å²) in [5, 5.41) is 3.52. The number of methoxy groups -OCH3 is 2. The topological polar surface area (TPSA) is 54.0 Å². The summed E-state index contributed by atoms with van der Waals surface area (Å²) in [5.41, 5.74) is 1.65. The smallest absolute Gasteiger partial charge is 0.246 e. The van der Waals surface area contributed by atoms with Crippen LogP contribution in [0, 0.1) is 0 Å². The highest BCUT2D eigenvalue weighted by Gasteiger charge is 2.29. The number of hydrogen-bond acceptors (Lipinski definition) is 5. The monoisotopic (exact) mass is 445 g/mol. The number of ether oxygens (including phenoxy) is 2. The molecular formula is C24H32ClN3O3. The Labute approximate surface area is 190 Å². The maximum Gasteiger partial charge on any atom is 0.246 e. The van der Waals surface area contributed by atoms with Crippen molar-refractivity contribution in [3.8, 4) is 5.75 Å². The molecule has 6 nitrogen and oxygen atoms in total. The van der Waals surface area contributed by atoms with Gasteiger partial charge in [0.25, 0.3) is 0 Å². The molecule has 0 aromatic heterocycles. The maximum atomic E-state index is 13.4. The molecule has 1 fully saturated rings. The second kappa shape index (κ2) is 12.1. The van der Waals surface area contributed by atoms with E-state index >= 15 is 0 Å². The Morgan fingerprint density at radius 1 is 1.10 bits per heavy atom. The van der Waals surface area contributed by atoms with Gasteiger partial charge in [0.05, 0.1) is 12.1 Å². The van der Waals surface area contributed by atoms with E-state index in [-0.39, 0.29) is 11.9 Å². The normalized spacial score (nSPS) is 16.5. The van der Waals surface area contributed by atoms with Crippen LogP contribution < -0.4 is 10.1 Å². The second-order valence-electron chi connectivity index (χ2n) is 7.73. The molecule has 1 saturated heterocycles. The van der Waals surface area contributed by atoms with E-state index in [1.165, 1.54) is 0 Å². The third kappa shape index (κ3) is 6.68. The molecule has 2 aromatic rings. The number of nitrogens with zero attached hydrogens (tertiary/aromatic N) is 2. The van der Waals surface area contributed by atoms with Gasteiger partial charge >= 0.3 is 0 Å². The first kappa shape index (κ1) is 23.5. The minimum absolute atomic E-state index is 0.0553. The molecule has 0 radical (unpaired) electrons. The predicted octanol–water partition coefficient (Wildman–Crippen LogP) is 4.07. The molecule has 2 aromatic carbocycles. The van der Waals surface area contributed by atoms with E-state index in [0.717, 1.165) is 57.7 Å². The molecule has 168 valence electrons. The van der Waals surface area contributed by atoms with Crippen LogP contribution in [-0.2, 0) is 9.53 Å². The number of rotatable bonds is 9. The number of nitrogens with one attached hydrogen (secondary N) is 1. The molecular weight excluding hydrogens is 414 g/mol. The van der Waals surface area contributed by atoms with Crippen molar-refractivity contribution in [2.75, 3.05) is 58.9 Å². The van der Waals surface area contributed by atoms with Crippen LogP contribution in [0.2, 0.25) is 5.02 Å². The van der Waals surface area contributed by atoms with Gasteiger partial charge in [0.1, 0.15) is 11.8 Å².